The number of halogens is 4. The third kappa shape index (κ3) is 7.01. The van der Waals surface area contributed by atoms with Crippen LogP contribution in [0.15, 0.2) is 30.6 Å². The van der Waals surface area contributed by atoms with Gasteiger partial charge < -0.3 is 10.1 Å². The Bertz CT molecular complexity index is 886. The molecular weight excluding hydrogens is 445 g/mol. The number of rotatable bonds is 9. The highest BCUT2D eigenvalue weighted by atomic mass is 35.5. The van der Waals surface area contributed by atoms with Gasteiger partial charge in [-0.3, -0.25) is 14.5 Å². The van der Waals surface area contributed by atoms with E-state index in [0.717, 1.165) is 5.01 Å². The van der Waals surface area contributed by atoms with Gasteiger partial charge in [-0.05, 0) is 18.6 Å². The second kappa shape index (κ2) is 9.82. The summed E-state index contributed by atoms with van der Waals surface area (Å²) in [6, 6.07) is 3.48. The van der Waals surface area contributed by atoms with Crippen molar-refractivity contribution in [2.24, 2.45) is 0 Å². The summed E-state index contributed by atoms with van der Waals surface area (Å²) in [5.74, 6) is -0.413. The van der Waals surface area contributed by atoms with Crippen LogP contribution in [0.3, 0.4) is 0 Å². The molecule has 1 aliphatic carbocycles. The molecule has 0 radical (unpaired) electrons. The van der Waals surface area contributed by atoms with E-state index < -0.39 is 24.5 Å². The average molecular weight is 463 g/mol. The van der Waals surface area contributed by atoms with Crippen molar-refractivity contribution >= 4 is 28.8 Å². The second-order valence-electron chi connectivity index (χ2n) is 6.60. The molecule has 162 valence electrons. The van der Waals surface area contributed by atoms with Crippen molar-refractivity contribution in [3.8, 4) is 10.7 Å². The quantitative estimate of drug-likeness (QED) is 0.608. The maximum absolute atomic E-state index is 12.1. The van der Waals surface area contributed by atoms with Crippen LogP contribution in [0.4, 0.5) is 13.2 Å². The highest BCUT2D eigenvalue weighted by Crippen LogP contribution is 2.32. The van der Waals surface area contributed by atoms with E-state index in [9.17, 15) is 18.0 Å². The molecule has 2 aromatic rings. The van der Waals surface area contributed by atoms with Crippen molar-refractivity contribution in [1.82, 2.24) is 20.5 Å². The summed E-state index contributed by atoms with van der Waals surface area (Å²) < 4.78 is 45.3. The molecule has 1 amide bonds. The van der Waals surface area contributed by atoms with Gasteiger partial charge in [-0.15, -0.1) is 23.4 Å². The maximum atomic E-state index is 12.1. The number of aromatic nitrogens is 3. The van der Waals surface area contributed by atoms with Gasteiger partial charge in [0.1, 0.15) is 17.3 Å². The Morgan fingerprint density at radius 1 is 1.30 bits per heavy atom. The van der Waals surface area contributed by atoms with Crippen molar-refractivity contribution < 1.29 is 27.4 Å². The number of allylic oxidation sites excluding steroid dienone is 1. The van der Waals surface area contributed by atoms with Gasteiger partial charge in [0.2, 0.25) is 5.91 Å². The number of amides is 1. The molecule has 0 bridgehead atoms. The smallest absolute Gasteiger partial charge is 0.368 e. The fourth-order valence-electron chi connectivity index (χ4n) is 2.65. The number of nitrogens with one attached hydrogen (secondary N) is 1. The first-order valence-electron chi connectivity index (χ1n) is 8.96. The van der Waals surface area contributed by atoms with Crippen LogP contribution in [-0.2, 0) is 20.7 Å². The third-order valence-corrected chi connectivity index (χ3v) is 5.40. The normalized spacial score (nSPS) is 18.7. The molecule has 0 unspecified atom stereocenters. The minimum absolute atomic E-state index is 0.107. The molecule has 12 heteroatoms. The lowest BCUT2D eigenvalue weighted by atomic mass is 9.92. The summed E-state index contributed by atoms with van der Waals surface area (Å²) >= 11 is 7.20. The maximum Gasteiger partial charge on any atom is 0.522 e. The Morgan fingerprint density at radius 2 is 2.07 bits per heavy atom. The zero-order valence-corrected chi connectivity index (χ0v) is 17.2. The van der Waals surface area contributed by atoms with Crippen LogP contribution in [0.1, 0.15) is 24.3 Å². The molecule has 2 aromatic heterocycles. The molecule has 0 aliphatic heterocycles. The van der Waals surface area contributed by atoms with Crippen LogP contribution in [0, 0.1) is 0 Å². The van der Waals surface area contributed by atoms with Gasteiger partial charge in [-0.25, -0.2) is 0 Å². The van der Waals surface area contributed by atoms with Gasteiger partial charge in [0.15, 0.2) is 5.01 Å². The van der Waals surface area contributed by atoms with E-state index in [1.807, 2.05) is 0 Å². The molecule has 7 nitrogen and oxygen atoms in total. The molecule has 0 saturated heterocycles. The van der Waals surface area contributed by atoms with Gasteiger partial charge in [-0.1, -0.05) is 29.5 Å². The molecule has 1 aliphatic rings. The fourth-order valence-corrected chi connectivity index (χ4v) is 3.57. The van der Waals surface area contributed by atoms with E-state index in [1.165, 1.54) is 17.5 Å². The molecule has 0 aromatic carbocycles. The first kappa shape index (κ1) is 22.6. The monoisotopic (exact) mass is 462 g/mol. The summed E-state index contributed by atoms with van der Waals surface area (Å²) in [4.78, 5) is 16.1. The average Bonchev–Trinajstić information content (AvgIpc) is 3.10. The third-order valence-electron chi connectivity index (χ3n) is 4.17. The number of hydrogen-bond donors (Lipinski definition) is 1. The van der Waals surface area contributed by atoms with Crippen molar-refractivity contribution in [2.75, 3.05) is 6.61 Å². The summed E-state index contributed by atoms with van der Waals surface area (Å²) in [6.45, 7) is 3.54. The summed E-state index contributed by atoms with van der Waals surface area (Å²) in [7, 11) is 0. The highest BCUT2D eigenvalue weighted by Gasteiger charge is 2.40. The lowest BCUT2D eigenvalue weighted by molar-refractivity contribution is -0.357. The molecule has 30 heavy (non-hydrogen) atoms. The van der Waals surface area contributed by atoms with E-state index in [-0.39, 0.29) is 19.4 Å². The van der Waals surface area contributed by atoms with Gasteiger partial charge in [-0.2, -0.15) is 0 Å². The Balaban J connectivity index is 1.33. The van der Waals surface area contributed by atoms with Crippen molar-refractivity contribution in [2.45, 2.75) is 44.3 Å². The Hall–Kier alpha value is -2.08. The Labute approximate surface area is 179 Å². The molecule has 0 atom stereocenters. The minimum atomic E-state index is -4.65. The Morgan fingerprint density at radius 3 is 2.73 bits per heavy atom. The standard InChI is InChI=1S/C18H18ClF3N4O3S/c1-10(24-15(27)9-28-12-6-13(7-12)29-18(20,21)22)2-5-16-25-26-17(30-16)14-4-3-11(19)8-23-14/h3-4,8,12-13H,1-2,5-7,9H2,(H,24,27)/t12-,13+. The fraction of sp³-hybridized carbons (Fsp3) is 0.444. The second-order valence-corrected chi connectivity index (χ2v) is 8.10. The zero-order chi connectivity index (χ0) is 21.7. The van der Waals surface area contributed by atoms with E-state index in [2.05, 4.69) is 31.8 Å². The number of alkyl halides is 3. The van der Waals surface area contributed by atoms with Crippen LogP contribution in [0.5, 0.6) is 0 Å². The van der Waals surface area contributed by atoms with Crippen LogP contribution < -0.4 is 5.32 Å². The predicted molar refractivity (Wildman–Crippen MR) is 104 cm³/mol. The van der Waals surface area contributed by atoms with E-state index in [4.69, 9.17) is 16.3 Å². The van der Waals surface area contributed by atoms with E-state index in [0.29, 0.717) is 34.3 Å². The molecular formula is C18H18ClF3N4O3S. The summed E-state index contributed by atoms with van der Waals surface area (Å²) in [6.07, 6.45) is -3.24. The van der Waals surface area contributed by atoms with Gasteiger partial charge in [0.05, 0.1) is 17.2 Å². The van der Waals surface area contributed by atoms with Gasteiger partial charge >= 0.3 is 6.36 Å². The first-order chi connectivity index (χ1) is 14.2. The topological polar surface area (TPSA) is 86.2 Å². The van der Waals surface area contributed by atoms with Crippen molar-refractivity contribution in [3.63, 3.8) is 0 Å². The summed E-state index contributed by atoms with van der Waals surface area (Å²) in [5, 5.41) is 12.8. The number of ether oxygens (including phenoxy) is 2. The van der Waals surface area contributed by atoms with Gasteiger partial charge in [0.25, 0.3) is 0 Å². The highest BCUT2D eigenvalue weighted by molar-refractivity contribution is 7.14. The number of aryl methyl sites for hydroxylation is 1. The van der Waals surface area contributed by atoms with Crippen molar-refractivity contribution in [3.05, 3.63) is 40.6 Å². The number of pyridine rings is 1. The molecule has 1 fully saturated rings. The molecule has 3 rings (SSSR count). The molecule has 1 N–H and O–H groups in total. The van der Waals surface area contributed by atoms with Crippen LogP contribution in [0.2, 0.25) is 5.02 Å². The molecule has 1 saturated carbocycles. The molecule has 2 heterocycles. The molecule has 0 spiro atoms. The first-order valence-corrected chi connectivity index (χ1v) is 10.2. The van der Waals surface area contributed by atoms with Crippen molar-refractivity contribution in [1.29, 1.82) is 0 Å². The van der Waals surface area contributed by atoms with E-state index in [1.54, 1.807) is 12.1 Å². The van der Waals surface area contributed by atoms with Crippen LogP contribution in [-0.4, -0.2) is 46.3 Å². The predicted octanol–water partition coefficient (Wildman–Crippen LogP) is 3.90. The zero-order valence-electron chi connectivity index (χ0n) is 15.6. The van der Waals surface area contributed by atoms with E-state index >= 15 is 0 Å². The number of carbonyl (C=O) groups excluding carboxylic acids is 1. The largest absolute Gasteiger partial charge is 0.522 e. The summed E-state index contributed by atoms with van der Waals surface area (Å²) in [5.41, 5.74) is 1.16. The minimum Gasteiger partial charge on any atom is -0.368 e. The number of hydrogen-bond acceptors (Lipinski definition) is 7. The number of carbonyl (C=O) groups is 1. The lowest BCUT2D eigenvalue weighted by Gasteiger charge is -2.34. The van der Waals surface area contributed by atoms with Crippen LogP contribution >= 0.6 is 22.9 Å². The number of nitrogens with zero attached hydrogens (tertiary/aromatic N) is 3. The van der Waals surface area contributed by atoms with Gasteiger partial charge in [0, 0.05) is 31.2 Å². The lowest BCUT2D eigenvalue weighted by Crippen LogP contribution is -2.42. The van der Waals surface area contributed by atoms with Crippen LogP contribution in [0.25, 0.3) is 10.7 Å². The Kier molecular flexibility index (Phi) is 7.40. The SMILES string of the molecule is C=C(CCc1nnc(-c2ccc(Cl)cn2)s1)NC(=O)CO[C@H]1C[C@@H](OC(F)(F)F)C1.